The average Bonchev–Trinajstić information content (AvgIpc) is 2.97. The third-order valence-corrected chi connectivity index (χ3v) is 4.73. The fraction of sp³-hybridized carbons (Fsp3) is 0.188. The van der Waals surface area contributed by atoms with Crippen LogP contribution in [0.2, 0.25) is 5.02 Å². The number of methoxy groups -OCH3 is 2. The highest BCUT2D eigenvalue weighted by molar-refractivity contribution is 7.18. The number of ether oxygens (including phenoxy) is 3. The lowest BCUT2D eigenvalue weighted by molar-refractivity contribution is 0.0452. The van der Waals surface area contributed by atoms with Gasteiger partial charge in [-0.2, -0.15) is 0 Å². The predicted molar refractivity (Wildman–Crippen MR) is 91.9 cm³/mol. The van der Waals surface area contributed by atoms with Gasteiger partial charge >= 0.3 is 17.9 Å². The number of thiophene rings is 1. The molecule has 1 heterocycles. The fourth-order valence-electron chi connectivity index (χ4n) is 2.10. The fourth-order valence-corrected chi connectivity index (χ4v) is 3.31. The van der Waals surface area contributed by atoms with Crippen molar-refractivity contribution in [1.29, 1.82) is 0 Å². The summed E-state index contributed by atoms with van der Waals surface area (Å²) in [7, 11) is 2.22. The number of nitrogen functional groups attached to an aromatic ring is 1. The third-order valence-electron chi connectivity index (χ3n) is 3.37. The zero-order valence-electron chi connectivity index (χ0n) is 13.9. The van der Waals surface area contributed by atoms with Gasteiger partial charge in [0.15, 0.2) is 11.6 Å². The molecule has 0 unspecified atom stereocenters. The third kappa shape index (κ3) is 4.17. The molecule has 0 fully saturated rings. The van der Waals surface area contributed by atoms with E-state index >= 15 is 0 Å². The van der Waals surface area contributed by atoms with Gasteiger partial charge < -0.3 is 19.9 Å². The topological polar surface area (TPSA) is 105 Å². The Bertz CT molecular complexity index is 930. The first kappa shape index (κ1) is 20.6. The van der Waals surface area contributed by atoms with E-state index in [1.165, 1.54) is 0 Å². The molecule has 0 amide bonds. The van der Waals surface area contributed by atoms with Crippen molar-refractivity contribution in [1.82, 2.24) is 0 Å². The van der Waals surface area contributed by atoms with Crippen molar-refractivity contribution in [2.45, 2.75) is 6.61 Å². The predicted octanol–water partition coefficient (Wildman–Crippen LogP) is 3.19. The number of hydrogen-bond acceptors (Lipinski definition) is 8. The van der Waals surface area contributed by atoms with E-state index in [1.807, 2.05) is 0 Å². The number of benzene rings is 1. The molecule has 27 heavy (non-hydrogen) atoms. The monoisotopic (exact) mass is 419 g/mol. The number of rotatable bonds is 5. The number of hydrogen-bond donors (Lipinski definition) is 1. The Kier molecular flexibility index (Phi) is 6.34. The van der Waals surface area contributed by atoms with E-state index in [1.54, 1.807) is 0 Å². The first-order valence-corrected chi connectivity index (χ1v) is 8.30. The molecule has 2 rings (SSSR count). The molecule has 0 saturated carbocycles. The van der Waals surface area contributed by atoms with Crippen molar-refractivity contribution in [2.75, 3.05) is 20.0 Å². The molecule has 11 heteroatoms. The maximum Gasteiger partial charge on any atom is 0.348 e. The number of anilines is 1. The molecular formula is C16H12ClF2NO6S. The molecule has 0 radical (unpaired) electrons. The van der Waals surface area contributed by atoms with Crippen molar-refractivity contribution in [3.63, 3.8) is 0 Å². The minimum Gasteiger partial charge on any atom is -0.465 e. The Labute approximate surface area is 160 Å². The lowest BCUT2D eigenvalue weighted by Gasteiger charge is -2.09. The van der Waals surface area contributed by atoms with Gasteiger partial charge in [0.25, 0.3) is 0 Å². The average molecular weight is 420 g/mol. The van der Waals surface area contributed by atoms with Crippen LogP contribution in [0.5, 0.6) is 0 Å². The normalized spacial score (nSPS) is 10.4. The molecule has 144 valence electrons. The molecule has 1 aromatic carbocycles. The number of nitrogens with two attached hydrogens (primary N) is 1. The molecule has 0 atom stereocenters. The summed E-state index contributed by atoms with van der Waals surface area (Å²) in [5.74, 6) is -5.29. The second kappa shape index (κ2) is 8.31. The largest absolute Gasteiger partial charge is 0.465 e. The van der Waals surface area contributed by atoms with Crippen LogP contribution in [-0.4, -0.2) is 32.1 Å². The molecule has 2 N–H and O–H groups in total. The zero-order chi connectivity index (χ0) is 20.3. The van der Waals surface area contributed by atoms with Crippen LogP contribution >= 0.6 is 22.9 Å². The van der Waals surface area contributed by atoms with E-state index in [0.29, 0.717) is 12.1 Å². The molecule has 0 aliphatic rings. The van der Waals surface area contributed by atoms with E-state index in [4.69, 9.17) is 22.1 Å². The lowest BCUT2D eigenvalue weighted by atomic mass is 10.1. The van der Waals surface area contributed by atoms with Gasteiger partial charge in [0.05, 0.1) is 24.8 Å². The summed E-state index contributed by atoms with van der Waals surface area (Å²) in [5.41, 5.74) is 5.12. The van der Waals surface area contributed by atoms with Gasteiger partial charge in [-0.15, -0.1) is 11.3 Å². The van der Waals surface area contributed by atoms with Crippen molar-refractivity contribution >= 4 is 45.8 Å². The highest BCUT2D eigenvalue weighted by atomic mass is 35.5. The van der Waals surface area contributed by atoms with Gasteiger partial charge in [0, 0.05) is 5.56 Å². The van der Waals surface area contributed by atoms with Crippen molar-refractivity contribution in [3.8, 4) is 0 Å². The molecule has 0 spiro atoms. The first-order valence-electron chi connectivity index (χ1n) is 7.10. The van der Waals surface area contributed by atoms with Crippen LogP contribution in [0, 0.1) is 11.6 Å². The van der Waals surface area contributed by atoms with Gasteiger partial charge in [-0.05, 0) is 12.1 Å². The maximum atomic E-state index is 13.3. The second-order valence-corrected chi connectivity index (χ2v) is 6.41. The van der Waals surface area contributed by atoms with E-state index in [-0.39, 0.29) is 26.0 Å². The van der Waals surface area contributed by atoms with Crippen LogP contribution in [0.15, 0.2) is 12.1 Å². The van der Waals surface area contributed by atoms with E-state index < -0.39 is 41.7 Å². The van der Waals surface area contributed by atoms with Gasteiger partial charge in [-0.25, -0.2) is 23.2 Å². The van der Waals surface area contributed by atoms with Crippen LogP contribution in [0.25, 0.3) is 0 Å². The molecule has 0 saturated heterocycles. The van der Waals surface area contributed by atoms with E-state index in [2.05, 4.69) is 9.47 Å². The first-order chi connectivity index (χ1) is 12.7. The molecule has 0 aliphatic heterocycles. The highest BCUT2D eigenvalue weighted by Crippen LogP contribution is 2.33. The van der Waals surface area contributed by atoms with Crippen molar-refractivity contribution in [2.24, 2.45) is 0 Å². The van der Waals surface area contributed by atoms with Crippen molar-refractivity contribution in [3.05, 3.63) is 50.4 Å². The molecule has 0 aliphatic carbocycles. The molecule has 7 nitrogen and oxygen atoms in total. The van der Waals surface area contributed by atoms with E-state index in [9.17, 15) is 23.2 Å². The summed E-state index contributed by atoms with van der Waals surface area (Å²) in [4.78, 5) is 35.9. The van der Waals surface area contributed by atoms with Crippen LogP contribution in [0.4, 0.5) is 13.8 Å². The number of halogens is 3. The Hall–Kier alpha value is -2.72. The minimum atomic E-state index is -1.29. The maximum absolute atomic E-state index is 13.3. The van der Waals surface area contributed by atoms with Crippen LogP contribution < -0.4 is 5.73 Å². The summed E-state index contributed by atoms with van der Waals surface area (Å²) in [6.07, 6.45) is 0. The Morgan fingerprint density at radius 1 is 1.07 bits per heavy atom. The Morgan fingerprint density at radius 3 is 2.26 bits per heavy atom. The van der Waals surface area contributed by atoms with Gasteiger partial charge in [0.1, 0.15) is 22.0 Å². The van der Waals surface area contributed by atoms with Crippen LogP contribution in [-0.2, 0) is 20.8 Å². The quantitative estimate of drug-likeness (QED) is 0.450. The molecular weight excluding hydrogens is 408 g/mol. The zero-order valence-corrected chi connectivity index (χ0v) is 15.5. The van der Waals surface area contributed by atoms with Crippen LogP contribution in [0.1, 0.15) is 36.0 Å². The lowest BCUT2D eigenvalue weighted by Crippen LogP contribution is -2.13. The van der Waals surface area contributed by atoms with Gasteiger partial charge in [-0.1, -0.05) is 11.6 Å². The van der Waals surface area contributed by atoms with Gasteiger partial charge in [0.2, 0.25) is 0 Å². The summed E-state index contributed by atoms with van der Waals surface area (Å²) in [6.45, 7) is -0.587. The summed E-state index contributed by atoms with van der Waals surface area (Å²) in [5, 5.41) is -0.413. The Balaban J connectivity index is 2.36. The highest BCUT2D eigenvalue weighted by Gasteiger charge is 2.28. The standard InChI is InChI=1S/C16H12ClF2NO6S/c1-24-15(22)11-7(12(16(23)25-2)27-13(11)20)5-26-14(21)6-3-9(18)10(19)4-8(6)17/h3-4H,5,20H2,1-2H3. The summed E-state index contributed by atoms with van der Waals surface area (Å²) >= 11 is 6.46. The summed E-state index contributed by atoms with van der Waals surface area (Å²) in [6, 6.07) is 1.19. The second-order valence-electron chi connectivity index (χ2n) is 4.95. The van der Waals surface area contributed by atoms with E-state index in [0.717, 1.165) is 25.6 Å². The minimum absolute atomic E-state index is 0.0387. The SMILES string of the molecule is COC(=O)c1sc(N)c(C(=O)OC)c1COC(=O)c1cc(F)c(F)cc1Cl. The number of esters is 3. The van der Waals surface area contributed by atoms with Crippen molar-refractivity contribution < 1.29 is 37.4 Å². The number of carbonyl (C=O) groups excluding carboxylic acids is 3. The molecule has 2 aromatic rings. The molecule has 0 bridgehead atoms. The smallest absolute Gasteiger partial charge is 0.348 e. The van der Waals surface area contributed by atoms with Gasteiger partial charge in [-0.3, -0.25) is 0 Å². The van der Waals surface area contributed by atoms with Crippen LogP contribution in [0.3, 0.4) is 0 Å². The Morgan fingerprint density at radius 2 is 1.67 bits per heavy atom. The summed E-state index contributed by atoms with van der Waals surface area (Å²) < 4.78 is 40.7. The molecule has 1 aromatic heterocycles. The number of carbonyl (C=O) groups is 3.